The number of halogens is 4. The normalized spacial score (nSPS) is 25.4. The lowest BCUT2D eigenvalue weighted by Crippen LogP contribution is -2.42. The molecule has 6 nitrogen and oxygen atoms in total. The van der Waals surface area contributed by atoms with Crippen LogP contribution in [0.4, 0.5) is 17.6 Å². The molecule has 11 heteroatoms. The first kappa shape index (κ1) is 21.7. The molecule has 31 heavy (non-hydrogen) atoms. The molecule has 164 valence electrons. The first-order valence-electron chi connectivity index (χ1n) is 9.42. The highest BCUT2D eigenvalue weighted by Crippen LogP contribution is 2.48. The molecule has 0 unspecified atom stereocenters. The monoisotopic (exact) mass is 454 g/mol. The van der Waals surface area contributed by atoms with Gasteiger partial charge in [0, 0.05) is 23.7 Å². The lowest BCUT2D eigenvalue weighted by Gasteiger charge is -2.35. The van der Waals surface area contributed by atoms with Crippen LogP contribution in [0.2, 0.25) is 0 Å². The quantitative estimate of drug-likeness (QED) is 0.533. The number of carbonyl (C=O) groups is 1. The minimum atomic E-state index is -2.79. The van der Waals surface area contributed by atoms with Crippen LogP contribution in [0, 0.1) is 11.7 Å². The standard InChI is InChI=1S/C20H18F4N4O2S/c21-5-17-12-8-31-19(25)28-20(12,9-30-17)11-3-10(1-2-13(11)22)4-16(29)14-6-27-15(7-26-14)18(23)24/h1-3,6-7,12,17-18H,4-5,8-9H2,(H2,25,28)/t12-,17-,20-/m1/s1. The predicted molar refractivity (Wildman–Crippen MR) is 106 cm³/mol. The van der Waals surface area contributed by atoms with Crippen molar-refractivity contribution in [3.05, 3.63) is 58.9 Å². The minimum Gasteiger partial charge on any atom is -0.379 e. The third-order valence-electron chi connectivity index (χ3n) is 5.50. The third-order valence-corrected chi connectivity index (χ3v) is 6.41. The Bertz CT molecular complexity index is 1020. The molecule has 0 amide bonds. The summed E-state index contributed by atoms with van der Waals surface area (Å²) in [4.78, 5) is 24.3. The van der Waals surface area contributed by atoms with Crippen molar-refractivity contribution in [2.75, 3.05) is 19.0 Å². The number of thioether (sulfide) groups is 1. The van der Waals surface area contributed by atoms with E-state index in [4.69, 9.17) is 10.5 Å². The first-order chi connectivity index (χ1) is 14.8. The number of carbonyl (C=O) groups excluding carboxylic acids is 1. The van der Waals surface area contributed by atoms with E-state index < -0.39 is 48.0 Å². The van der Waals surface area contributed by atoms with Crippen molar-refractivity contribution in [1.82, 2.24) is 9.97 Å². The molecule has 0 bridgehead atoms. The second-order valence-corrected chi connectivity index (χ2v) is 8.38. The Morgan fingerprint density at radius 2 is 2.13 bits per heavy atom. The van der Waals surface area contributed by atoms with Crippen molar-refractivity contribution in [2.45, 2.75) is 24.5 Å². The van der Waals surface area contributed by atoms with E-state index in [1.807, 2.05) is 0 Å². The van der Waals surface area contributed by atoms with Gasteiger partial charge in [-0.15, -0.1) is 0 Å². The number of nitrogens with zero attached hydrogens (tertiary/aromatic N) is 3. The number of Topliss-reactive ketones (excluding diaryl/α,β-unsaturated/α-hetero) is 1. The highest BCUT2D eigenvalue weighted by Gasteiger charge is 2.54. The number of fused-ring (bicyclic) bond motifs is 1. The van der Waals surface area contributed by atoms with Gasteiger partial charge < -0.3 is 10.5 Å². The number of ether oxygens (including phenoxy) is 1. The van der Waals surface area contributed by atoms with Gasteiger partial charge in [0.2, 0.25) is 0 Å². The summed E-state index contributed by atoms with van der Waals surface area (Å²) in [6, 6.07) is 4.15. The highest BCUT2D eigenvalue weighted by molar-refractivity contribution is 8.13. The van der Waals surface area contributed by atoms with Crippen LogP contribution < -0.4 is 5.73 Å². The van der Waals surface area contributed by atoms with E-state index in [0.717, 1.165) is 12.4 Å². The van der Waals surface area contributed by atoms with Crippen molar-refractivity contribution in [1.29, 1.82) is 0 Å². The van der Waals surface area contributed by atoms with Gasteiger partial charge in [-0.3, -0.25) is 9.78 Å². The molecule has 1 aromatic heterocycles. The largest absolute Gasteiger partial charge is 0.379 e. The van der Waals surface area contributed by atoms with Crippen LogP contribution in [0.25, 0.3) is 0 Å². The van der Waals surface area contributed by atoms with E-state index >= 15 is 0 Å². The van der Waals surface area contributed by atoms with Gasteiger partial charge in [-0.25, -0.2) is 27.5 Å². The molecule has 1 fully saturated rings. The zero-order valence-corrected chi connectivity index (χ0v) is 16.9. The van der Waals surface area contributed by atoms with Crippen LogP contribution in [0.15, 0.2) is 35.6 Å². The lowest BCUT2D eigenvalue weighted by molar-refractivity contribution is 0.0721. The van der Waals surface area contributed by atoms with Crippen LogP contribution in [0.3, 0.4) is 0 Å². The van der Waals surface area contributed by atoms with E-state index in [0.29, 0.717) is 11.3 Å². The topological polar surface area (TPSA) is 90.5 Å². The maximum atomic E-state index is 14.9. The van der Waals surface area contributed by atoms with Gasteiger partial charge in [0.15, 0.2) is 11.0 Å². The van der Waals surface area contributed by atoms with Crippen molar-refractivity contribution in [3.8, 4) is 0 Å². The van der Waals surface area contributed by atoms with Crippen molar-refractivity contribution < 1.29 is 27.1 Å². The molecule has 0 spiro atoms. The van der Waals surface area contributed by atoms with E-state index in [-0.39, 0.29) is 29.5 Å². The second-order valence-electron chi connectivity index (χ2n) is 7.34. The number of rotatable bonds is 6. The molecule has 1 aromatic carbocycles. The summed E-state index contributed by atoms with van der Waals surface area (Å²) in [5.41, 5.74) is 4.76. The van der Waals surface area contributed by atoms with Crippen LogP contribution in [-0.2, 0) is 16.7 Å². The Kier molecular flexibility index (Phi) is 5.98. The van der Waals surface area contributed by atoms with Crippen molar-refractivity contribution in [2.24, 2.45) is 16.6 Å². The number of amidine groups is 1. The molecule has 2 aromatic rings. The van der Waals surface area contributed by atoms with E-state index in [1.165, 1.54) is 30.0 Å². The lowest BCUT2D eigenvalue weighted by atomic mass is 9.78. The first-order valence-corrected chi connectivity index (χ1v) is 10.4. The van der Waals surface area contributed by atoms with Crippen LogP contribution in [0.1, 0.15) is 33.7 Å². The van der Waals surface area contributed by atoms with Gasteiger partial charge in [-0.2, -0.15) is 0 Å². The molecular weight excluding hydrogens is 436 g/mol. The molecular formula is C20H18F4N4O2S. The van der Waals surface area contributed by atoms with Crippen molar-refractivity contribution >= 4 is 22.7 Å². The average molecular weight is 454 g/mol. The number of hydrogen-bond donors (Lipinski definition) is 1. The summed E-state index contributed by atoms with van der Waals surface area (Å²) in [5.74, 6) is -1.01. The Hall–Kier alpha value is -2.53. The zero-order chi connectivity index (χ0) is 22.2. The molecule has 0 saturated carbocycles. The molecule has 2 aliphatic rings. The van der Waals surface area contributed by atoms with Gasteiger partial charge in [-0.1, -0.05) is 17.8 Å². The van der Waals surface area contributed by atoms with E-state index in [2.05, 4.69) is 15.0 Å². The fourth-order valence-electron chi connectivity index (χ4n) is 3.90. The molecule has 3 heterocycles. The average Bonchev–Trinajstić information content (AvgIpc) is 3.13. The number of nitrogens with two attached hydrogens (primary N) is 1. The Labute approximate surface area is 179 Å². The van der Waals surface area contributed by atoms with Crippen LogP contribution >= 0.6 is 11.8 Å². The summed E-state index contributed by atoms with van der Waals surface area (Å²) in [5, 5.41) is 0.259. The third kappa shape index (κ3) is 4.03. The Morgan fingerprint density at radius 3 is 2.81 bits per heavy atom. The molecule has 3 atom stereocenters. The summed E-state index contributed by atoms with van der Waals surface area (Å²) in [6.45, 7) is -0.752. The van der Waals surface area contributed by atoms with E-state index in [1.54, 1.807) is 0 Å². The van der Waals surface area contributed by atoms with Gasteiger partial charge in [0.05, 0.1) is 25.1 Å². The Morgan fingerprint density at radius 1 is 1.32 bits per heavy atom. The number of aromatic nitrogens is 2. The number of aliphatic imine (C=N–C) groups is 1. The van der Waals surface area contributed by atoms with Gasteiger partial charge in [0.25, 0.3) is 6.43 Å². The SMILES string of the molecule is NC1=N[C@@]2(c3cc(CC(=O)c4cnc(C(F)F)cn4)ccc3F)CO[C@H](CF)[C@H]2CS1. The second kappa shape index (κ2) is 8.54. The smallest absolute Gasteiger partial charge is 0.281 e. The predicted octanol–water partition coefficient (Wildman–Crippen LogP) is 3.22. The van der Waals surface area contributed by atoms with Gasteiger partial charge >= 0.3 is 0 Å². The maximum Gasteiger partial charge on any atom is 0.281 e. The maximum absolute atomic E-state index is 14.9. The molecule has 0 aliphatic carbocycles. The highest BCUT2D eigenvalue weighted by atomic mass is 32.2. The van der Waals surface area contributed by atoms with Gasteiger partial charge in [-0.05, 0) is 17.7 Å². The minimum absolute atomic E-state index is 0.0254. The number of hydrogen-bond acceptors (Lipinski definition) is 7. The van der Waals surface area contributed by atoms with Crippen LogP contribution in [0.5, 0.6) is 0 Å². The molecule has 2 aliphatic heterocycles. The van der Waals surface area contributed by atoms with E-state index in [9.17, 15) is 22.4 Å². The fourth-order valence-corrected chi connectivity index (χ4v) is 4.97. The summed E-state index contributed by atoms with van der Waals surface area (Å²) in [7, 11) is 0. The Balaban J connectivity index is 1.64. The summed E-state index contributed by atoms with van der Waals surface area (Å²) in [6.07, 6.45) is -1.83. The number of benzene rings is 1. The number of ketones is 1. The zero-order valence-electron chi connectivity index (χ0n) is 16.1. The molecule has 2 N–H and O–H groups in total. The molecule has 0 radical (unpaired) electrons. The molecule has 4 rings (SSSR count). The van der Waals surface area contributed by atoms with Gasteiger partial charge in [0.1, 0.15) is 29.4 Å². The summed E-state index contributed by atoms with van der Waals surface area (Å²) < 4.78 is 59.1. The van der Waals surface area contributed by atoms with Crippen molar-refractivity contribution in [3.63, 3.8) is 0 Å². The van der Waals surface area contributed by atoms with Crippen LogP contribution in [-0.4, -0.2) is 46.1 Å². The fraction of sp³-hybridized carbons (Fsp3) is 0.400. The number of alkyl halides is 3. The molecule has 1 saturated heterocycles. The summed E-state index contributed by atoms with van der Waals surface area (Å²) >= 11 is 1.26.